The molecule has 0 spiro atoms. The molecule has 3 aromatic carbocycles. The fraction of sp³-hybridized carbons (Fsp3) is 0.136. The molecular weight excluding hydrogens is 356 g/mol. The van der Waals surface area contributed by atoms with Gasteiger partial charge in [0.1, 0.15) is 6.61 Å². The number of carbonyl (C=O) groups excluding carboxylic acids is 1. The predicted octanol–water partition coefficient (Wildman–Crippen LogP) is 4.87. The van der Waals surface area contributed by atoms with E-state index in [2.05, 4.69) is 5.32 Å². The van der Waals surface area contributed by atoms with Crippen LogP contribution in [0.15, 0.2) is 72.8 Å². The molecule has 3 aromatic rings. The Morgan fingerprint density at radius 3 is 2.14 bits per heavy atom. The molecule has 0 amide bonds. The second-order valence-electron chi connectivity index (χ2n) is 6.42. The van der Waals surface area contributed by atoms with Gasteiger partial charge in [0.2, 0.25) is 0 Å². The van der Waals surface area contributed by atoms with E-state index in [9.17, 15) is 14.9 Å². The standard InChI is InChI=1S/C22H20N2O4/c1-16-2-10-20(11-3-16)23-14-17-4-8-19(9-5-17)22(25)28-15-18-6-12-21(13-7-18)24(26)27/h2-13,23H,14-15H2,1H3. The molecule has 0 fully saturated rings. The minimum atomic E-state index is -0.467. The molecule has 0 aromatic heterocycles. The van der Waals surface area contributed by atoms with E-state index in [1.54, 1.807) is 24.3 Å². The zero-order chi connectivity index (χ0) is 19.9. The fourth-order valence-electron chi connectivity index (χ4n) is 2.58. The minimum Gasteiger partial charge on any atom is -0.457 e. The van der Waals surface area contributed by atoms with Crippen molar-refractivity contribution in [2.24, 2.45) is 0 Å². The first-order valence-electron chi connectivity index (χ1n) is 8.81. The Bertz CT molecular complexity index is 949. The summed E-state index contributed by atoms with van der Waals surface area (Å²) in [7, 11) is 0. The lowest BCUT2D eigenvalue weighted by Gasteiger charge is -2.08. The molecule has 0 aliphatic carbocycles. The van der Waals surface area contributed by atoms with Crippen LogP contribution in [0.4, 0.5) is 11.4 Å². The van der Waals surface area contributed by atoms with Gasteiger partial charge in [0.25, 0.3) is 5.69 Å². The van der Waals surface area contributed by atoms with Gasteiger partial charge < -0.3 is 10.1 Å². The fourth-order valence-corrected chi connectivity index (χ4v) is 2.58. The number of nitro groups is 1. The van der Waals surface area contributed by atoms with E-state index in [4.69, 9.17) is 4.74 Å². The van der Waals surface area contributed by atoms with Gasteiger partial charge in [-0.2, -0.15) is 0 Å². The molecule has 6 nitrogen and oxygen atoms in total. The molecule has 6 heteroatoms. The summed E-state index contributed by atoms with van der Waals surface area (Å²) in [4.78, 5) is 22.3. The largest absolute Gasteiger partial charge is 0.457 e. The number of ether oxygens (including phenoxy) is 1. The Balaban J connectivity index is 1.51. The lowest BCUT2D eigenvalue weighted by Crippen LogP contribution is -2.06. The molecule has 0 unspecified atom stereocenters. The van der Waals surface area contributed by atoms with Crippen molar-refractivity contribution in [3.63, 3.8) is 0 Å². The number of benzene rings is 3. The number of nitrogens with zero attached hydrogens (tertiary/aromatic N) is 1. The van der Waals surface area contributed by atoms with Gasteiger partial charge in [0, 0.05) is 24.4 Å². The monoisotopic (exact) mass is 376 g/mol. The first kappa shape index (κ1) is 19.1. The summed E-state index contributed by atoms with van der Waals surface area (Å²) in [5.41, 5.74) is 4.45. The van der Waals surface area contributed by atoms with E-state index in [1.165, 1.54) is 17.7 Å². The number of esters is 1. The van der Waals surface area contributed by atoms with Gasteiger partial charge in [-0.05, 0) is 54.4 Å². The van der Waals surface area contributed by atoms with Gasteiger partial charge in [-0.25, -0.2) is 4.79 Å². The van der Waals surface area contributed by atoms with Gasteiger partial charge in [-0.1, -0.05) is 29.8 Å². The topological polar surface area (TPSA) is 81.5 Å². The molecule has 0 aliphatic heterocycles. The van der Waals surface area contributed by atoms with Gasteiger partial charge in [0.15, 0.2) is 0 Å². The third kappa shape index (κ3) is 5.17. The number of rotatable bonds is 7. The number of non-ortho nitro benzene ring substituents is 1. The van der Waals surface area contributed by atoms with Crippen LogP contribution >= 0.6 is 0 Å². The van der Waals surface area contributed by atoms with Crippen LogP contribution in [-0.2, 0) is 17.9 Å². The normalized spacial score (nSPS) is 10.3. The second kappa shape index (κ2) is 8.81. The number of anilines is 1. The third-order valence-electron chi connectivity index (χ3n) is 4.25. The van der Waals surface area contributed by atoms with Crippen LogP contribution in [0.2, 0.25) is 0 Å². The quantitative estimate of drug-likeness (QED) is 0.361. The molecule has 28 heavy (non-hydrogen) atoms. The molecule has 0 atom stereocenters. The van der Waals surface area contributed by atoms with Gasteiger partial charge in [-0.3, -0.25) is 10.1 Å². The van der Waals surface area contributed by atoms with Crippen molar-refractivity contribution in [1.82, 2.24) is 0 Å². The zero-order valence-corrected chi connectivity index (χ0v) is 15.4. The van der Waals surface area contributed by atoms with Crippen molar-refractivity contribution >= 4 is 17.3 Å². The first-order valence-corrected chi connectivity index (χ1v) is 8.81. The van der Waals surface area contributed by atoms with Crippen LogP contribution < -0.4 is 5.32 Å². The summed E-state index contributed by atoms with van der Waals surface area (Å²) in [6.07, 6.45) is 0. The predicted molar refractivity (Wildman–Crippen MR) is 107 cm³/mol. The Morgan fingerprint density at radius 1 is 0.929 bits per heavy atom. The maximum atomic E-state index is 12.2. The Labute approximate surface area is 162 Å². The van der Waals surface area contributed by atoms with Crippen LogP contribution in [0.5, 0.6) is 0 Å². The van der Waals surface area contributed by atoms with E-state index in [-0.39, 0.29) is 12.3 Å². The molecule has 0 heterocycles. The minimum absolute atomic E-state index is 0.00455. The SMILES string of the molecule is Cc1ccc(NCc2ccc(C(=O)OCc3ccc([N+](=O)[O-])cc3)cc2)cc1. The van der Waals surface area contributed by atoms with Gasteiger partial charge >= 0.3 is 5.97 Å². The second-order valence-corrected chi connectivity index (χ2v) is 6.42. The molecule has 0 saturated heterocycles. The highest BCUT2D eigenvalue weighted by molar-refractivity contribution is 5.89. The van der Waals surface area contributed by atoms with Crippen molar-refractivity contribution in [1.29, 1.82) is 0 Å². The van der Waals surface area contributed by atoms with E-state index < -0.39 is 10.9 Å². The van der Waals surface area contributed by atoms with Crippen molar-refractivity contribution in [3.8, 4) is 0 Å². The Morgan fingerprint density at radius 2 is 1.54 bits per heavy atom. The molecular formula is C22H20N2O4. The van der Waals surface area contributed by atoms with Crippen molar-refractivity contribution in [2.75, 3.05) is 5.32 Å². The van der Waals surface area contributed by atoms with E-state index in [1.807, 2.05) is 43.3 Å². The highest BCUT2D eigenvalue weighted by atomic mass is 16.6. The van der Waals surface area contributed by atoms with E-state index in [0.29, 0.717) is 17.7 Å². The van der Waals surface area contributed by atoms with Crippen LogP contribution in [0.3, 0.4) is 0 Å². The molecule has 0 aliphatic rings. The van der Waals surface area contributed by atoms with Crippen LogP contribution in [-0.4, -0.2) is 10.9 Å². The van der Waals surface area contributed by atoms with Crippen LogP contribution in [0.1, 0.15) is 27.0 Å². The summed E-state index contributed by atoms with van der Waals surface area (Å²) >= 11 is 0. The number of carbonyl (C=O) groups is 1. The summed E-state index contributed by atoms with van der Waals surface area (Å²) in [5.74, 6) is -0.434. The molecule has 0 bridgehead atoms. The van der Waals surface area contributed by atoms with Crippen LogP contribution in [0.25, 0.3) is 0 Å². The summed E-state index contributed by atoms with van der Waals surface area (Å²) in [5, 5.41) is 14.0. The highest BCUT2D eigenvalue weighted by Gasteiger charge is 2.09. The van der Waals surface area contributed by atoms with Gasteiger partial charge in [0.05, 0.1) is 10.5 Å². The first-order chi connectivity index (χ1) is 13.5. The maximum absolute atomic E-state index is 12.2. The lowest BCUT2D eigenvalue weighted by molar-refractivity contribution is -0.384. The summed E-state index contributed by atoms with van der Waals surface area (Å²) < 4.78 is 5.27. The summed E-state index contributed by atoms with van der Waals surface area (Å²) in [6.45, 7) is 2.76. The zero-order valence-electron chi connectivity index (χ0n) is 15.4. The average Bonchev–Trinajstić information content (AvgIpc) is 2.72. The number of hydrogen-bond donors (Lipinski definition) is 1. The number of aryl methyl sites for hydroxylation is 1. The van der Waals surface area contributed by atoms with Crippen molar-refractivity contribution < 1.29 is 14.5 Å². The summed E-state index contributed by atoms with van der Waals surface area (Å²) in [6, 6.07) is 21.3. The maximum Gasteiger partial charge on any atom is 0.338 e. The van der Waals surface area contributed by atoms with E-state index >= 15 is 0 Å². The molecule has 0 saturated carbocycles. The van der Waals surface area contributed by atoms with Crippen LogP contribution in [0, 0.1) is 17.0 Å². The lowest BCUT2D eigenvalue weighted by atomic mass is 10.1. The van der Waals surface area contributed by atoms with Crippen molar-refractivity contribution in [2.45, 2.75) is 20.1 Å². The molecule has 3 rings (SSSR count). The molecule has 142 valence electrons. The molecule has 0 radical (unpaired) electrons. The van der Waals surface area contributed by atoms with Crippen molar-refractivity contribution in [3.05, 3.63) is 105 Å². The number of nitro benzene ring substituents is 1. The Kier molecular flexibility index (Phi) is 6.01. The smallest absolute Gasteiger partial charge is 0.338 e. The average molecular weight is 376 g/mol. The Hall–Kier alpha value is -3.67. The molecule has 1 N–H and O–H groups in total. The highest BCUT2D eigenvalue weighted by Crippen LogP contribution is 2.14. The number of nitrogens with one attached hydrogen (secondary N) is 1. The van der Waals surface area contributed by atoms with E-state index in [0.717, 1.165) is 11.3 Å². The van der Waals surface area contributed by atoms with Gasteiger partial charge in [-0.15, -0.1) is 0 Å². The number of hydrogen-bond acceptors (Lipinski definition) is 5. The third-order valence-corrected chi connectivity index (χ3v) is 4.25.